The van der Waals surface area contributed by atoms with Gasteiger partial charge in [0, 0.05) is 6.04 Å². The smallest absolute Gasteiger partial charge is 0.161 e. The highest BCUT2D eigenvalue weighted by atomic mass is 16.6. The molecule has 1 unspecified atom stereocenters. The minimum atomic E-state index is 0.207. The van der Waals surface area contributed by atoms with Crippen molar-refractivity contribution in [2.45, 2.75) is 31.7 Å². The maximum absolute atomic E-state index is 5.67. The van der Waals surface area contributed by atoms with Crippen molar-refractivity contribution in [2.24, 2.45) is 0 Å². The molecule has 0 bridgehead atoms. The molecule has 1 atom stereocenters. The van der Waals surface area contributed by atoms with Crippen molar-refractivity contribution in [2.75, 3.05) is 20.3 Å². The number of fused-ring (bicyclic) bond motifs is 2. The van der Waals surface area contributed by atoms with Gasteiger partial charge in [-0.15, -0.1) is 0 Å². The molecule has 92 valence electrons. The molecule has 17 heavy (non-hydrogen) atoms. The van der Waals surface area contributed by atoms with Crippen LogP contribution < -0.4 is 14.8 Å². The number of benzene rings is 1. The van der Waals surface area contributed by atoms with Crippen LogP contribution in [0.4, 0.5) is 0 Å². The lowest BCUT2D eigenvalue weighted by Gasteiger charge is -2.23. The average Bonchev–Trinajstić information content (AvgIpc) is 2.58. The molecule has 1 N–H and O–H groups in total. The van der Waals surface area contributed by atoms with Gasteiger partial charge in [0.25, 0.3) is 0 Å². The molecule has 0 amide bonds. The van der Waals surface area contributed by atoms with E-state index < -0.39 is 0 Å². The fourth-order valence-electron chi connectivity index (χ4n) is 2.97. The van der Waals surface area contributed by atoms with Gasteiger partial charge in [-0.1, -0.05) is 13.8 Å². The van der Waals surface area contributed by atoms with E-state index in [0.29, 0.717) is 19.3 Å². The summed E-state index contributed by atoms with van der Waals surface area (Å²) in [6.45, 7) is 5.89. The Balaban J connectivity index is 2.13. The molecule has 3 heteroatoms. The molecule has 1 aliphatic carbocycles. The van der Waals surface area contributed by atoms with Crippen LogP contribution in [0.15, 0.2) is 12.1 Å². The Morgan fingerprint density at radius 2 is 1.82 bits per heavy atom. The first kappa shape index (κ1) is 10.9. The number of hydrogen-bond acceptors (Lipinski definition) is 3. The standard InChI is InChI=1S/C14H19NO2/c1-14(2)8-11(15-3)9-6-12-13(7-10(9)14)17-5-4-16-12/h6-7,11,15H,4-5,8H2,1-3H3. The van der Waals surface area contributed by atoms with Crippen LogP contribution in [0.25, 0.3) is 0 Å². The zero-order chi connectivity index (χ0) is 12.0. The van der Waals surface area contributed by atoms with Crippen LogP contribution in [0.5, 0.6) is 11.5 Å². The molecular formula is C14H19NO2. The van der Waals surface area contributed by atoms with Crippen LogP contribution in [0.2, 0.25) is 0 Å². The summed E-state index contributed by atoms with van der Waals surface area (Å²) in [4.78, 5) is 0. The Labute approximate surface area is 102 Å². The molecule has 0 saturated carbocycles. The SMILES string of the molecule is CNC1CC(C)(C)c2cc3c(cc21)OCCO3. The number of rotatable bonds is 1. The van der Waals surface area contributed by atoms with Crippen LogP contribution in [0.3, 0.4) is 0 Å². The third-order valence-electron chi connectivity index (χ3n) is 3.88. The number of hydrogen-bond donors (Lipinski definition) is 1. The van der Waals surface area contributed by atoms with Crippen molar-refractivity contribution in [3.05, 3.63) is 23.3 Å². The van der Waals surface area contributed by atoms with Crippen molar-refractivity contribution in [1.29, 1.82) is 0 Å². The summed E-state index contributed by atoms with van der Waals surface area (Å²) in [5.41, 5.74) is 2.96. The Morgan fingerprint density at radius 3 is 2.47 bits per heavy atom. The first-order valence-corrected chi connectivity index (χ1v) is 6.23. The Bertz CT molecular complexity index is 454. The highest BCUT2D eigenvalue weighted by Gasteiger charge is 2.37. The van der Waals surface area contributed by atoms with Gasteiger partial charge in [-0.3, -0.25) is 0 Å². The highest BCUT2D eigenvalue weighted by molar-refractivity contribution is 5.53. The highest BCUT2D eigenvalue weighted by Crippen LogP contribution is 2.48. The molecule has 1 aliphatic heterocycles. The zero-order valence-corrected chi connectivity index (χ0v) is 10.7. The molecule has 1 aromatic rings. The van der Waals surface area contributed by atoms with Gasteiger partial charge in [0.1, 0.15) is 13.2 Å². The summed E-state index contributed by atoms with van der Waals surface area (Å²) in [5, 5.41) is 3.39. The molecule has 2 aliphatic rings. The van der Waals surface area contributed by atoms with Crippen molar-refractivity contribution < 1.29 is 9.47 Å². The van der Waals surface area contributed by atoms with Crippen LogP contribution in [0, 0.1) is 0 Å². The van der Waals surface area contributed by atoms with Gasteiger partial charge < -0.3 is 14.8 Å². The second kappa shape index (κ2) is 3.64. The lowest BCUT2D eigenvalue weighted by Crippen LogP contribution is -2.17. The number of ether oxygens (including phenoxy) is 2. The summed E-state index contributed by atoms with van der Waals surface area (Å²) in [6.07, 6.45) is 1.13. The summed E-state index contributed by atoms with van der Waals surface area (Å²) in [5.74, 6) is 1.80. The zero-order valence-electron chi connectivity index (χ0n) is 10.7. The monoisotopic (exact) mass is 233 g/mol. The summed E-state index contributed by atoms with van der Waals surface area (Å²) in [7, 11) is 2.02. The first-order chi connectivity index (χ1) is 8.12. The predicted molar refractivity (Wildman–Crippen MR) is 66.9 cm³/mol. The molecule has 0 saturated heterocycles. The molecule has 0 radical (unpaired) electrons. The van der Waals surface area contributed by atoms with Crippen LogP contribution in [-0.4, -0.2) is 20.3 Å². The summed E-state index contributed by atoms with van der Waals surface area (Å²) < 4.78 is 11.3. The van der Waals surface area contributed by atoms with Gasteiger partial charge in [0.15, 0.2) is 11.5 Å². The minimum absolute atomic E-state index is 0.207. The van der Waals surface area contributed by atoms with Gasteiger partial charge in [-0.25, -0.2) is 0 Å². The fourth-order valence-corrected chi connectivity index (χ4v) is 2.97. The third-order valence-corrected chi connectivity index (χ3v) is 3.88. The van der Waals surface area contributed by atoms with E-state index in [9.17, 15) is 0 Å². The van der Waals surface area contributed by atoms with Gasteiger partial charge in [0.05, 0.1) is 0 Å². The van der Waals surface area contributed by atoms with Gasteiger partial charge in [-0.05, 0) is 42.1 Å². The van der Waals surface area contributed by atoms with E-state index in [1.807, 2.05) is 7.05 Å². The Morgan fingerprint density at radius 1 is 1.18 bits per heavy atom. The normalized spacial score (nSPS) is 24.5. The predicted octanol–water partition coefficient (Wildman–Crippen LogP) is 2.40. The second-order valence-electron chi connectivity index (χ2n) is 5.51. The van der Waals surface area contributed by atoms with E-state index in [1.54, 1.807) is 0 Å². The van der Waals surface area contributed by atoms with E-state index in [4.69, 9.17) is 9.47 Å². The van der Waals surface area contributed by atoms with Crippen molar-refractivity contribution in [3.8, 4) is 11.5 Å². The van der Waals surface area contributed by atoms with Crippen LogP contribution in [0.1, 0.15) is 37.4 Å². The number of nitrogens with one attached hydrogen (secondary N) is 1. The molecular weight excluding hydrogens is 214 g/mol. The van der Waals surface area contributed by atoms with Gasteiger partial charge >= 0.3 is 0 Å². The Kier molecular flexibility index (Phi) is 2.33. The van der Waals surface area contributed by atoms with E-state index in [-0.39, 0.29) is 5.41 Å². The van der Waals surface area contributed by atoms with E-state index in [2.05, 4.69) is 31.3 Å². The van der Waals surface area contributed by atoms with Crippen molar-refractivity contribution in [1.82, 2.24) is 5.32 Å². The first-order valence-electron chi connectivity index (χ1n) is 6.23. The van der Waals surface area contributed by atoms with Gasteiger partial charge in [0.2, 0.25) is 0 Å². The van der Waals surface area contributed by atoms with Crippen LogP contribution >= 0.6 is 0 Å². The average molecular weight is 233 g/mol. The maximum Gasteiger partial charge on any atom is 0.161 e. The molecule has 3 nitrogen and oxygen atoms in total. The van der Waals surface area contributed by atoms with Crippen LogP contribution in [-0.2, 0) is 5.41 Å². The molecule has 0 spiro atoms. The maximum atomic E-state index is 5.67. The molecule has 1 aromatic carbocycles. The molecule has 0 aromatic heterocycles. The second-order valence-corrected chi connectivity index (χ2v) is 5.51. The van der Waals surface area contributed by atoms with Crippen molar-refractivity contribution in [3.63, 3.8) is 0 Å². The minimum Gasteiger partial charge on any atom is -0.486 e. The topological polar surface area (TPSA) is 30.5 Å². The molecule has 1 heterocycles. The molecule has 0 fully saturated rings. The van der Waals surface area contributed by atoms with Gasteiger partial charge in [-0.2, -0.15) is 0 Å². The lowest BCUT2D eigenvalue weighted by atomic mass is 9.86. The summed E-state index contributed by atoms with van der Waals surface area (Å²) >= 11 is 0. The summed E-state index contributed by atoms with van der Waals surface area (Å²) in [6, 6.07) is 4.75. The lowest BCUT2D eigenvalue weighted by molar-refractivity contribution is 0.171. The Hall–Kier alpha value is -1.22. The van der Waals surface area contributed by atoms with E-state index in [0.717, 1.165) is 17.9 Å². The fraction of sp³-hybridized carbons (Fsp3) is 0.571. The quantitative estimate of drug-likeness (QED) is 0.808. The van der Waals surface area contributed by atoms with E-state index >= 15 is 0 Å². The van der Waals surface area contributed by atoms with E-state index in [1.165, 1.54) is 11.1 Å². The molecule has 3 rings (SSSR count). The third kappa shape index (κ3) is 1.61. The van der Waals surface area contributed by atoms with Crippen molar-refractivity contribution >= 4 is 0 Å². The largest absolute Gasteiger partial charge is 0.486 e.